The zero-order valence-electron chi connectivity index (χ0n) is 10.6. The van der Waals surface area contributed by atoms with Crippen molar-refractivity contribution in [3.63, 3.8) is 0 Å². The molecule has 1 heterocycles. The van der Waals surface area contributed by atoms with Crippen molar-refractivity contribution in [3.8, 4) is 0 Å². The molecule has 18 heavy (non-hydrogen) atoms. The lowest BCUT2D eigenvalue weighted by atomic mass is 9.92. The normalized spacial score (nSPS) is 24.3. The molecule has 1 aliphatic rings. The number of hydrogen-bond acceptors (Lipinski definition) is 3. The molecule has 1 amide bonds. The third-order valence-electron chi connectivity index (χ3n) is 3.22. The van der Waals surface area contributed by atoms with Crippen molar-refractivity contribution in [2.45, 2.75) is 44.8 Å². The molecule has 2 N–H and O–H groups in total. The second-order valence-corrected chi connectivity index (χ2v) is 6.07. The van der Waals surface area contributed by atoms with Crippen LogP contribution in [0.15, 0.2) is 18.2 Å². The van der Waals surface area contributed by atoms with Crippen molar-refractivity contribution < 1.29 is 9.90 Å². The summed E-state index contributed by atoms with van der Waals surface area (Å²) in [6.45, 7) is 2.04. The van der Waals surface area contributed by atoms with E-state index in [2.05, 4.69) is 5.32 Å². The van der Waals surface area contributed by atoms with Crippen LogP contribution >= 0.6 is 11.3 Å². The van der Waals surface area contributed by atoms with Crippen LogP contribution in [0.5, 0.6) is 0 Å². The Hall–Kier alpha value is -1.13. The molecular formula is C14H19NO2S. The zero-order chi connectivity index (χ0) is 13.0. The van der Waals surface area contributed by atoms with Crippen LogP contribution in [-0.4, -0.2) is 23.2 Å². The topological polar surface area (TPSA) is 49.3 Å². The smallest absolute Gasteiger partial charge is 0.244 e. The van der Waals surface area contributed by atoms with Gasteiger partial charge in [-0.3, -0.25) is 4.79 Å². The quantitative estimate of drug-likeness (QED) is 0.825. The van der Waals surface area contributed by atoms with Crippen LogP contribution in [0.2, 0.25) is 0 Å². The molecule has 3 nitrogen and oxygen atoms in total. The fourth-order valence-corrected chi connectivity index (χ4v) is 2.99. The largest absolute Gasteiger partial charge is 0.391 e. The van der Waals surface area contributed by atoms with Crippen LogP contribution < -0.4 is 5.32 Å². The number of nitrogens with one attached hydrogen (secondary N) is 1. The molecule has 1 aliphatic carbocycles. The Kier molecular flexibility index (Phi) is 4.55. The Balaban J connectivity index is 1.86. The van der Waals surface area contributed by atoms with Gasteiger partial charge in [0.1, 0.15) is 0 Å². The number of aliphatic hydroxyl groups is 1. The second-order valence-electron chi connectivity index (χ2n) is 4.75. The monoisotopic (exact) mass is 265 g/mol. The van der Waals surface area contributed by atoms with Crippen molar-refractivity contribution in [2.24, 2.45) is 0 Å². The van der Waals surface area contributed by atoms with Crippen LogP contribution in [0.25, 0.3) is 6.08 Å². The van der Waals surface area contributed by atoms with Crippen LogP contribution in [0.3, 0.4) is 0 Å². The molecule has 0 aromatic carbocycles. The van der Waals surface area contributed by atoms with Gasteiger partial charge in [0.25, 0.3) is 0 Å². The van der Waals surface area contributed by atoms with Crippen LogP contribution in [0.4, 0.5) is 0 Å². The van der Waals surface area contributed by atoms with E-state index in [0.29, 0.717) is 0 Å². The van der Waals surface area contributed by atoms with Crippen LogP contribution in [-0.2, 0) is 4.79 Å². The van der Waals surface area contributed by atoms with E-state index >= 15 is 0 Å². The summed E-state index contributed by atoms with van der Waals surface area (Å²) in [5.74, 6) is -0.119. The van der Waals surface area contributed by atoms with Crippen LogP contribution in [0, 0.1) is 6.92 Å². The van der Waals surface area contributed by atoms with Gasteiger partial charge >= 0.3 is 0 Å². The van der Waals surface area contributed by atoms with Gasteiger partial charge in [-0.25, -0.2) is 0 Å². The Labute approximate surface area is 112 Å². The molecule has 2 rings (SSSR count). The Morgan fingerprint density at radius 3 is 2.89 bits per heavy atom. The van der Waals surface area contributed by atoms with Crippen molar-refractivity contribution in [2.75, 3.05) is 0 Å². The maximum Gasteiger partial charge on any atom is 0.244 e. The molecule has 0 aliphatic heterocycles. The predicted molar refractivity (Wildman–Crippen MR) is 74.5 cm³/mol. The molecule has 1 saturated carbocycles. The van der Waals surface area contributed by atoms with Gasteiger partial charge in [-0.1, -0.05) is 12.8 Å². The van der Waals surface area contributed by atoms with Gasteiger partial charge in [0.05, 0.1) is 12.1 Å². The van der Waals surface area contributed by atoms with Gasteiger partial charge in [0, 0.05) is 15.8 Å². The maximum absolute atomic E-state index is 11.7. The van der Waals surface area contributed by atoms with E-state index in [4.69, 9.17) is 0 Å². The van der Waals surface area contributed by atoms with Gasteiger partial charge in [-0.15, -0.1) is 11.3 Å². The summed E-state index contributed by atoms with van der Waals surface area (Å²) in [6, 6.07) is 3.95. The summed E-state index contributed by atoms with van der Waals surface area (Å²) in [5, 5.41) is 12.6. The van der Waals surface area contributed by atoms with Gasteiger partial charge < -0.3 is 10.4 Å². The zero-order valence-corrected chi connectivity index (χ0v) is 11.4. The lowest BCUT2D eigenvalue weighted by Gasteiger charge is -2.27. The number of rotatable bonds is 3. The average Bonchev–Trinajstić information content (AvgIpc) is 2.76. The van der Waals surface area contributed by atoms with Gasteiger partial charge in [-0.05, 0) is 38.0 Å². The molecule has 0 bridgehead atoms. The fraction of sp³-hybridized carbons (Fsp3) is 0.500. The third kappa shape index (κ3) is 3.68. The Bertz CT molecular complexity index is 439. The van der Waals surface area contributed by atoms with Crippen molar-refractivity contribution in [1.29, 1.82) is 0 Å². The van der Waals surface area contributed by atoms with E-state index in [9.17, 15) is 9.90 Å². The second kappa shape index (κ2) is 6.16. The number of aryl methyl sites for hydroxylation is 1. The minimum atomic E-state index is -0.389. The standard InChI is InChI=1S/C14H19NO2S/c1-10-6-7-11(18-10)8-9-14(17)15-12-4-2-3-5-13(12)16/h6-9,12-13,16H,2-5H2,1H3,(H,15,17)/b9-8+/t12-,13-/m0/s1. The minimum Gasteiger partial charge on any atom is -0.391 e. The van der Waals surface area contributed by atoms with Gasteiger partial charge in [0.2, 0.25) is 5.91 Å². The lowest BCUT2D eigenvalue weighted by Crippen LogP contribution is -2.44. The predicted octanol–water partition coefficient (Wildman–Crippen LogP) is 2.49. The average molecular weight is 265 g/mol. The highest BCUT2D eigenvalue weighted by Gasteiger charge is 2.23. The number of hydrogen-bond donors (Lipinski definition) is 2. The van der Waals surface area contributed by atoms with Gasteiger partial charge in [-0.2, -0.15) is 0 Å². The molecule has 0 saturated heterocycles. The molecule has 2 atom stereocenters. The Morgan fingerprint density at radius 1 is 1.44 bits per heavy atom. The molecule has 0 unspecified atom stereocenters. The number of aliphatic hydroxyl groups excluding tert-OH is 1. The molecule has 0 radical (unpaired) electrons. The molecule has 1 aromatic heterocycles. The lowest BCUT2D eigenvalue weighted by molar-refractivity contribution is -0.118. The summed E-state index contributed by atoms with van der Waals surface area (Å²) >= 11 is 1.66. The Morgan fingerprint density at radius 2 is 2.22 bits per heavy atom. The first-order chi connectivity index (χ1) is 8.65. The summed E-state index contributed by atoms with van der Waals surface area (Å²) in [5.41, 5.74) is 0. The maximum atomic E-state index is 11.7. The summed E-state index contributed by atoms with van der Waals surface area (Å²) < 4.78 is 0. The van der Waals surface area contributed by atoms with Gasteiger partial charge in [0.15, 0.2) is 0 Å². The number of carbonyl (C=O) groups excluding carboxylic acids is 1. The SMILES string of the molecule is Cc1ccc(/C=C/C(=O)N[C@H]2CCCC[C@@H]2O)s1. The number of thiophene rings is 1. The van der Waals surface area contributed by atoms with E-state index < -0.39 is 0 Å². The number of carbonyl (C=O) groups is 1. The van der Waals surface area contributed by atoms with E-state index in [1.165, 1.54) is 4.88 Å². The summed E-state index contributed by atoms with van der Waals surface area (Å²) in [4.78, 5) is 14.0. The molecule has 1 fully saturated rings. The molecular weight excluding hydrogens is 246 g/mol. The van der Waals surface area contributed by atoms with Crippen molar-refractivity contribution in [1.82, 2.24) is 5.32 Å². The minimum absolute atomic E-state index is 0.0824. The first-order valence-corrected chi connectivity index (χ1v) is 7.20. The third-order valence-corrected chi connectivity index (χ3v) is 4.18. The molecule has 0 spiro atoms. The molecule has 98 valence electrons. The molecule has 1 aromatic rings. The van der Waals surface area contributed by atoms with Crippen LogP contribution in [0.1, 0.15) is 35.4 Å². The first kappa shape index (κ1) is 13.3. The first-order valence-electron chi connectivity index (χ1n) is 6.38. The highest BCUT2D eigenvalue weighted by atomic mass is 32.1. The highest BCUT2D eigenvalue weighted by molar-refractivity contribution is 7.12. The highest BCUT2D eigenvalue weighted by Crippen LogP contribution is 2.19. The van der Waals surface area contributed by atoms with Crippen molar-refractivity contribution in [3.05, 3.63) is 28.0 Å². The van der Waals surface area contributed by atoms with Crippen molar-refractivity contribution >= 4 is 23.3 Å². The number of amides is 1. The van der Waals surface area contributed by atoms with E-state index in [0.717, 1.165) is 30.6 Å². The molecule has 4 heteroatoms. The fourth-order valence-electron chi connectivity index (χ4n) is 2.21. The summed E-state index contributed by atoms with van der Waals surface area (Å²) in [6.07, 6.45) is 6.78. The van der Waals surface area contributed by atoms with E-state index in [1.807, 2.05) is 25.1 Å². The van der Waals surface area contributed by atoms with E-state index in [1.54, 1.807) is 17.4 Å². The summed E-state index contributed by atoms with van der Waals surface area (Å²) in [7, 11) is 0. The van der Waals surface area contributed by atoms with E-state index in [-0.39, 0.29) is 18.1 Å².